The summed E-state index contributed by atoms with van der Waals surface area (Å²) in [4.78, 5) is 24.2. The molecular formula is C10H18N2O3. The molecule has 5 nitrogen and oxygen atoms in total. The van der Waals surface area contributed by atoms with Crippen molar-refractivity contribution in [3.8, 4) is 0 Å². The van der Waals surface area contributed by atoms with E-state index in [1.165, 1.54) is 7.11 Å². The van der Waals surface area contributed by atoms with Gasteiger partial charge in [0.25, 0.3) is 0 Å². The average molecular weight is 214 g/mol. The van der Waals surface area contributed by atoms with Gasteiger partial charge in [-0.3, -0.25) is 9.69 Å². The van der Waals surface area contributed by atoms with Crippen molar-refractivity contribution in [1.82, 2.24) is 10.2 Å². The van der Waals surface area contributed by atoms with Gasteiger partial charge in [0, 0.05) is 25.6 Å². The Morgan fingerprint density at radius 3 is 2.87 bits per heavy atom. The summed E-state index contributed by atoms with van der Waals surface area (Å²) in [6.07, 6.45) is 1.06. The minimum Gasteiger partial charge on any atom is -0.453 e. The van der Waals surface area contributed by atoms with E-state index in [-0.39, 0.29) is 11.8 Å². The number of Topliss-reactive ketones (excluding diaryl/α,β-unsaturated/α-hetero) is 1. The zero-order valence-electron chi connectivity index (χ0n) is 9.28. The Morgan fingerprint density at radius 1 is 1.53 bits per heavy atom. The zero-order chi connectivity index (χ0) is 11.3. The number of rotatable bonds is 4. The molecule has 1 aliphatic rings. The van der Waals surface area contributed by atoms with Crippen molar-refractivity contribution in [2.45, 2.75) is 25.8 Å². The largest absolute Gasteiger partial charge is 0.453 e. The quantitative estimate of drug-likeness (QED) is 0.735. The van der Waals surface area contributed by atoms with Crippen LogP contribution in [0.5, 0.6) is 0 Å². The van der Waals surface area contributed by atoms with Gasteiger partial charge in [-0.1, -0.05) is 6.92 Å². The summed E-state index contributed by atoms with van der Waals surface area (Å²) in [5, 5.41) is 2.74. The lowest BCUT2D eigenvalue weighted by molar-refractivity contribution is -0.119. The normalized spacial score (nSPS) is 21.3. The van der Waals surface area contributed by atoms with Crippen molar-refractivity contribution in [2.24, 2.45) is 0 Å². The van der Waals surface area contributed by atoms with Gasteiger partial charge in [-0.05, 0) is 6.42 Å². The lowest BCUT2D eigenvalue weighted by Crippen LogP contribution is -2.37. The van der Waals surface area contributed by atoms with E-state index < -0.39 is 6.09 Å². The molecule has 0 aromatic rings. The van der Waals surface area contributed by atoms with Crippen LogP contribution in [0.15, 0.2) is 0 Å². The second-order valence-electron chi connectivity index (χ2n) is 3.75. The number of nitrogens with one attached hydrogen (secondary N) is 1. The third kappa shape index (κ3) is 3.87. The Hall–Kier alpha value is -1.10. The van der Waals surface area contributed by atoms with E-state index in [2.05, 4.69) is 15.0 Å². The fourth-order valence-corrected chi connectivity index (χ4v) is 1.68. The molecule has 15 heavy (non-hydrogen) atoms. The number of carbonyl (C=O) groups is 2. The third-order valence-corrected chi connectivity index (χ3v) is 2.57. The van der Waals surface area contributed by atoms with Crippen LogP contribution in [0.4, 0.5) is 4.79 Å². The van der Waals surface area contributed by atoms with E-state index >= 15 is 0 Å². The van der Waals surface area contributed by atoms with Crippen molar-refractivity contribution in [3.63, 3.8) is 0 Å². The molecule has 5 heteroatoms. The van der Waals surface area contributed by atoms with Crippen molar-refractivity contribution >= 4 is 11.9 Å². The number of carbonyl (C=O) groups excluding carboxylic acids is 2. The van der Waals surface area contributed by atoms with Crippen molar-refractivity contribution in [3.05, 3.63) is 0 Å². The molecule has 86 valence electrons. The van der Waals surface area contributed by atoms with Crippen molar-refractivity contribution < 1.29 is 14.3 Å². The summed E-state index contributed by atoms with van der Waals surface area (Å²) in [6.45, 7) is 3.96. The van der Waals surface area contributed by atoms with E-state index in [0.29, 0.717) is 13.0 Å². The highest BCUT2D eigenvalue weighted by Crippen LogP contribution is 2.09. The number of ether oxygens (including phenoxy) is 1. The van der Waals surface area contributed by atoms with Gasteiger partial charge in [-0.25, -0.2) is 4.79 Å². The first-order valence-electron chi connectivity index (χ1n) is 5.24. The molecule has 0 saturated carbocycles. The van der Waals surface area contributed by atoms with E-state index in [0.717, 1.165) is 19.5 Å². The minimum absolute atomic E-state index is 0.113. The average Bonchev–Trinajstić information content (AvgIpc) is 2.65. The van der Waals surface area contributed by atoms with Gasteiger partial charge in [0.05, 0.1) is 13.7 Å². The molecule has 1 saturated heterocycles. The maximum atomic E-state index is 11.2. The summed E-state index contributed by atoms with van der Waals surface area (Å²) in [5.74, 6) is 0.244. The standard InChI is InChI=1S/C10H18N2O3/c1-3-9(13)7-12-5-4-8(6-12)11-10(14)15-2/h8H,3-7H2,1-2H3,(H,11,14). The van der Waals surface area contributed by atoms with Crippen molar-refractivity contribution in [1.29, 1.82) is 0 Å². The lowest BCUT2D eigenvalue weighted by atomic mass is 10.3. The van der Waals surface area contributed by atoms with Crippen LogP contribution in [0.25, 0.3) is 0 Å². The number of methoxy groups -OCH3 is 1. The molecule has 0 bridgehead atoms. The first-order chi connectivity index (χ1) is 7.15. The first-order valence-corrected chi connectivity index (χ1v) is 5.24. The Balaban J connectivity index is 2.26. The Labute approximate surface area is 89.8 Å². The maximum Gasteiger partial charge on any atom is 0.407 e. The first kappa shape index (κ1) is 12.0. The van der Waals surface area contributed by atoms with Gasteiger partial charge in [0.15, 0.2) is 0 Å². The van der Waals surface area contributed by atoms with Crippen LogP contribution in [0.1, 0.15) is 19.8 Å². The molecule has 1 amide bonds. The smallest absolute Gasteiger partial charge is 0.407 e. The molecule has 0 aliphatic carbocycles. The highest BCUT2D eigenvalue weighted by atomic mass is 16.5. The SMILES string of the molecule is CCC(=O)CN1CCC(NC(=O)OC)C1. The molecule has 1 fully saturated rings. The summed E-state index contributed by atoms with van der Waals surface area (Å²) >= 11 is 0. The van der Waals surface area contributed by atoms with Crippen LogP contribution >= 0.6 is 0 Å². The molecule has 0 aromatic carbocycles. The second kappa shape index (κ2) is 5.70. The maximum absolute atomic E-state index is 11.2. The Bertz CT molecular complexity index is 219. The number of amides is 1. The molecule has 1 aliphatic heterocycles. The predicted octanol–water partition coefficient (Wildman–Crippen LogP) is 0.396. The monoisotopic (exact) mass is 214 g/mol. The van der Waals surface area contributed by atoms with Gasteiger partial charge < -0.3 is 10.1 Å². The van der Waals surface area contributed by atoms with Gasteiger partial charge in [0.2, 0.25) is 0 Å². The van der Waals surface area contributed by atoms with Gasteiger partial charge in [0.1, 0.15) is 5.78 Å². The summed E-state index contributed by atoms with van der Waals surface area (Å²) in [7, 11) is 1.35. The molecule has 0 spiro atoms. The lowest BCUT2D eigenvalue weighted by Gasteiger charge is -2.14. The van der Waals surface area contributed by atoms with Crippen LogP contribution < -0.4 is 5.32 Å². The Kier molecular flexibility index (Phi) is 4.55. The number of ketones is 1. The van der Waals surface area contributed by atoms with Gasteiger partial charge >= 0.3 is 6.09 Å². The molecular weight excluding hydrogens is 196 g/mol. The molecule has 1 heterocycles. The summed E-state index contributed by atoms with van der Waals surface area (Å²) in [5.41, 5.74) is 0. The highest BCUT2D eigenvalue weighted by Gasteiger charge is 2.24. The molecule has 1 rings (SSSR count). The van der Waals surface area contributed by atoms with E-state index in [1.807, 2.05) is 6.92 Å². The van der Waals surface area contributed by atoms with E-state index in [1.54, 1.807) is 0 Å². The van der Waals surface area contributed by atoms with Crippen molar-refractivity contribution in [2.75, 3.05) is 26.7 Å². The summed E-state index contributed by atoms with van der Waals surface area (Å²) in [6, 6.07) is 0.113. The predicted molar refractivity (Wildman–Crippen MR) is 55.7 cm³/mol. The molecule has 1 unspecified atom stereocenters. The molecule has 1 atom stereocenters. The van der Waals surface area contributed by atoms with Gasteiger partial charge in [-0.2, -0.15) is 0 Å². The molecule has 1 N–H and O–H groups in total. The third-order valence-electron chi connectivity index (χ3n) is 2.57. The fraction of sp³-hybridized carbons (Fsp3) is 0.800. The number of alkyl carbamates (subject to hydrolysis) is 1. The second-order valence-corrected chi connectivity index (χ2v) is 3.75. The minimum atomic E-state index is -0.399. The fourth-order valence-electron chi connectivity index (χ4n) is 1.68. The van der Waals surface area contributed by atoms with Crippen LogP contribution in [0.2, 0.25) is 0 Å². The number of hydrogen-bond donors (Lipinski definition) is 1. The van der Waals surface area contributed by atoms with Gasteiger partial charge in [-0.15, -0.1) is 0 Å². The zero-order valence-corrected chi connectivity index (χ0v) is 9.28. The Morgan fingerprint density at radius 2 is 2.27 bits per heavy atom. The number of nitrogens with zero attached hydrogens (tertiary/aromatic N) is 1. The number of likely N-dealkylation sites (tertiary alicyclic amines) is 1. The summed E-state index contributed by atoms with van der Waals surface area (Å²) < 4.78 is 4.51. The van der Waals surface area contributed by atoms with Crippen LogP contribution in [0.3, 0.4) is 0 Å². The molecule has 0 aromatic heterocycles. The topological polar surface area (TPSA) is 58.6 Å². The molecule has 0 radical (unpaired) electrons. The van der Waals surface area contributed by atoms with E-state index in [4.69, 9.17) is 0 Å². The van der Waals surface area contributed by atoms with Crippen LogP contribution in [-0.4, -0.2) is 49.6 Å². The van der Waals surface area contributed by atoms with Crippen LogP contribution in [-0.2, 0) is 9.53 Å². The van der Waals surface area contributed by atoms with Crippen LogP contribution in [0, 0.1) is 0 Å². The van der Waals surface area contributed by atoms with E-state index in [9.17, 15) is 9.59 Å². The number of hydrogen-bond acceptors (Lipinski definition) is 4. The highest BCUT2D eigenvalue weighted by molar-refractivity contribution is 5.80.